The summed E-state index contributed by atoms with van der Waals surface area (Å²) in [5.41, 5.74) is 0.511. The molecule has 0 fully saturated rings. The van der Waals surface area contributed by atoms with Gasteiger partial charge in [0.1, 0.15) is 18.1 Å². The van der Waals surface area contributed by atoms with Gasteiger partial charge in [0.05, 0.1) is 5.56 Å². The van der Waals surface area contributed by atoms with Gasteiger partial charge in [-0.3, -0.25) is 0 Å². The van der Waals surface area contributed by atoms with Gasteiger partial charge in [-0.05, 0) is 36.8 Å². The topological polar surface area (TPSA) is 29.5 Å². The highest BCUT2D eigenvalue weighted by Crippen LogP contribution is 2.36. The average Bonchev–Trinajstić information content (AvgIpc) is 2.36. The molecule has 2 nitrogen and oxygen atoms in total. The Hall–Kier alpha value is -2.17. The van der Waals surface area contributed by atoms with Gasteiger partial charge in [0.25, 0.3) is 0 Å². The number of hydrogen-bond donors (Lipinski definition) is 1. The first-order chi connectivity index (χ1) is 9.36. The van der Waals surface area contributed by atoms with Crippen LogP contribution in [0.4, 0.5) is 13.2 Å². The Morgan fingerprint density at radius 1 is 1.05 bits per heavy atom. The molecule has 0 aromatic heterocycles. The van der Waals surface area contributed by atoms with Crippen LogP contribution < -0.4 is 4.74 Å². The summed E-state index contributed by atoms with van der Waals surface area (Å²) >= 11 is 0. The van der Waals surface area contributed by atoms with Crippen molar-refractivity contribution < 1.29 is 23.0 Å². The Balaban J connectivity index is 2.07. The van der Waals surface area contributed by atoms with Gasteiger partial charge >= 0.3 is 6.18 Å². The van der Waals surface area contributed by atoms with Crippen LogP contribution in [0.2, 0.25) is 0 Å². The van der Waals surface area contributed by atoms with Crippen molar-refractivity contribution in [1.82, 2.24) is 0 Å². The minimum atomic E-state index is -4.56. The molecule has 0 amide bonds. The fourth-order valence-corrected chi connectivity index (χ4v) is 1.71. The van der Waals surface area contributed by atoms with E-state index in [4.69, 9.17) is 4.74 Å². The standard InChI is InChI=1S/C15H13F3O2/c1-10-2-5-12(6-3-10)20-9-11-4-7-13(14(19)8-11)15(16,17)18/h2-8,19H,9H2,1H3. The van der Waals surface area contributed by atoms with E-state index in [9.17, 15) is 18.3 Å². The van der Waals surface area contributed by atoms with E-state index < -0.39 is 17.5 Å². The minimum absolute atomic E-state index is 0.0920. The number of hydrogen-bond acceptors (Lipinski definition) is 2. The molecule has 0 spiro atoms. The molecular formula is C15H13F3O2. The summed E-state index contributed by atoms with van der Waals surface area (Å²) in [5, 5.41) is 9.39. The molecule has 0 aliphatic heterocycles. The zero-order valence-corrected chi connectivity index (χ0v) is 10.7. The summed E-state index contributed by atoms with van der Waals surface area (Å²) < 4.78 is 42.9. The van der Waals surface area contributed by atoms with Crippen molar-refractivity contribution in [1.29, 1.82) is 0 Å². The van der Waals surface area contributed by atoms with Crippen molar-refractivity contribution >= 4 is 0 Å². The first kappa shape index (κ1) is 14.2. The van der Waals surface area contributed by atoms with Crippen LogP contribution in [0.5, 0.6) is 11.5 Å². The molecule has 2 rings (SSSR count). The smallest absolute Gasteiger partial charge is 0.419 e. The van der Waals surface area contributed by atoms with Gasteiger partial charge in [0, 0.05) is 0 Å². The van der Waals surface area contributed by atoms with Crippen molar-refractivity contribution in [2.75, 3.05) is 0 Å². The van der Waals surface area contributed by atoms with Crippen LogP contribution >= 0.6 is 0 Å². The molecule has 0 saturated heterocycles. The summed E-state index contributed by atoms with van der Waals surface area (Å²) in [6.07, 6.45) is -4.56. The first-order valence-electron chi connectivity index (χ1n) is 5.95. The van der Waals surface area contributed by atoms with Gasteiger partial charge in [0.2, 0.25) is 0 Å². The third kappa shape index (κ3) is 3.44. The van der Waals surface area contributed by atoms with E-state index in [0.717, 1.165) is 17.7 Å². The van der Waals surface area contributed by atoms with Crippen molar-refractivity contribution in [3.8, 4) is 11.5 Å². The number of aryl methyl sites for hydroxylation is 1. The van der Waals surface area contributed by atoms with E-state index in [1.54, 1.807) is 12.1 Å². The SMILES string of the molecule is Cc1ccc(OCc2ccc(C(F)(F)F)c(O)c2)cc1. The summed E-state index contributed by atoms with van der Waals surface area (Å²) in [7, 11) is 0. The van der Waals surface area contributed by atoms with Gasteiger partial charge in [-0.1, -0.05) is 23.8 Å². The van der Waals surface area contributed by atoms with E-state index in [-0.39, 0.29) is 6.61 Å². The van der Waals surface area contributed by atoms with Crippen molar-refractivity contribution in [3.05, 3.63) is 59.2 Å². The zero-order valence-electron chi connectivity index (χ0n) is 10.7. The van der Waals surface area contributed by atoms with Crippen molar-refractivity contribution in [2.24, 2.45) is 0 Å². The lowest BCUT2D eigenvalue weighted by Crippen LogP contribution is -2.06. The van der Waals surface area contributed by atoms with E-state index in [0.29, 0.717) is 11.3 Å². The van der Waals surface area contributed by atoms with Crippen LogP contribution in [0.1, 0.15) is 16.7 Å². The van der Waals surface area contributed by atoms with Crippen molar-refractivity contribution in [3.63, 3.8) is 0 Å². The molecule has 2 aromatic rings. The second-order valence-electron chi connectivity index (χ2n) is 4.45. The highest BCUT2D eigenvalue weighted by molar-refractivity contribution is 5.38. The van der Waals surface area contributed by atoms with Crippen LogP contribution in [0.15, 0.2) is 42.5 Å². The normalized spacial score (nSPS) is 11.4. The summed E-state index contributed by atoms with van der Waals surface area (Å²) in [6.45, 7) is 2.03. The molecule has 0 heterocycles. The summed E-state index contributed by atoms with van der Waals surface area (Å²) in [5.74, 6) is -0.169. The average molecular weight is 282 g/mol. The highest BCUT2D eigenvalue weighted by atomic mass is 19.4. The summed E-state index contributed by atoms with van der Waals surface area (Å²) in [4.78, 5) is 0. The number of alkyl halides is 3. The van der Waals surface area contributed by atoms with Crippen molar-refractivity contribution in [2.45, 2.75) is 19.7 Å². The number of aromatic hydroxyl groups is 1. The Morgan fingerprint density at radius 2 is 1.70 bits per heavy atom. The van der Waals surface area contributed by atoms with E-state index >= 15 is 0 Å². The van der Waals surface area contributed by atoms with Crippen LogP contribution in [-0.4, -0.2) is 5.11 Å². The fraction of sp³-hybridized carbons (Fsp3) is 0.200. The maximum Gasteiger partial charge on any atom is 0.419 e. The number of rotatable bonds is 3. The predicted octanol–water partition coefficient (Wildman–Crippen LogP) is 4.30. The molecule has 0 aliphatic rings. The number of phenols is 1. The third-order valence-electron chi connectivity index (χ3n) is 2.79. The first-order valence-corrected chi connectivity index (χ1v) is 5.95. The third-order valence-corrected chi connectivity index (χ3v) is 2.79. The molecule has 0 unspecified atom stereocenters. The molecule has 1 N–H and O–H groups in total. The molecule has 20 heavy (non-hydrogen) atoms. The monoisotopic (exact) mass is 282 g/mol. The minimum Gasteiger partial charge on any atom is -0.507 e. The lowest BCUT2D eigenvalue weighted by atomic mass is 10.1. The van der Waals surface area contributed by atoms with Crippen LogP contribution in [0, 0.1) is 6.92 Å². The second kappa shape index (κ2) is 5.45. The second-order valence-corrected chi connectivity index (χ2v) is 4.45. The van der Waals surface area contributed by atoms with Gasteiger partial charge in [0.15, 0.2) is 0 Å². The van der Waals surface area contributed by atoms with Gasteiger partial charge in [-0.2, -0.15) is 13.2 Å². The van der Waals surface area contributed by atoms with Gasteiger partial charge < -0.3 is 9.84 Å². The molecule has 0 aliphatic carbocycles. The van der Waals surface area contributed by atoms with E-state index in [2.05, 4.69) is 0 Å². The molecule has 2 aromatic carbocycles. The fourth-order valence-electron chi connectivity index (χ4n) is 1.71. The largest absolute Gasteiger partial charge is 0.507 e. The number of phenolic OH excluding ortho intramolecular Hbond substituents is 1. The molecule has 0 bridgehead atoms. The Kier molecular flexibility index (Phi) is 3.88. The van der Waals surface area contributed by atoms with Gasteiger partial charge in [-0.25, -0.2) is 0 Å². The quantitative estimate of drug-likeness (QED) is 0.909. The number of ether oxygens (including phenoxy) is 1. The molecule has 106 valence electrons. The molecule has 0 saturated carbocycles. The summed E-state index contributed by atoms with van der Waals surface area (Å²) in [6, 6.07) is 10.5. The van der Waals surface area contributed by atoms with Crippen LogP contribution in [-0.2, 0) is 12.8 Å². The Labute approximate surface area is 114 Å². The Bertz CT molecular complexity index is 589. The maximum atomic E-state index is 12.5. The van der Waals surface area contributed by atoms with Crippen LogP contribution in [0.25, 0.3) is 0 Å². The van der Waals surface area contributed by atoms with Crippen LogP contribution in [0.3, 0.4) is 0 Å². The number of benzene rings is 2. The zero-order chi connectivity index (χ0) is 14.8. The lowest BCUT2D eigenvalue weighted by Gasteiger charge is -2.11. The lowest BCUT2D eigenvalue weighted by molar-refractivity contribution is -0.138. The van der Waals surface area contributed by atoms with E-state index in [1.165, 1.54) is 6.07 Å². The predicted molar refractivity (Wildman–Crippen MR) is 68.6 cm³/mol. The van der Waals surface area contributed by atoms with Gasteiger partial charge in [-0.15, -0.1) is 0 Å². The van der Waals surface area contributed by atoms with E-state index in [1.807, 2.05) is 19.1 Å². The maximum absolute atomic E-state index is 12.5. The molecule has 0 atom stereocenters. The molecular weight excluding hydrogens is 269 g/mol. The molecule has 0 radical (unpaired) electrons. The number of halogens is 3. The molecule has 5 heteroatoms. The Morgan fingerprint density at radius 3 is 2.25 bits per heavy atom. The highest BCUT2D eigenvalue weighted by Gasteiger charge is 2.33.